The molecule has 5 atom stereocenters. The Hall–Kier alpha value is -3.47. The highest BCUT2D eigenvalue weighted by molar-refractivity contribution is 8.00. The second kappa shape index (κ2) is 15.7. The molecule has 3 unspecified atom stereocenters. The number of aliphatic hydroxyl groups excluding tert-OH is 1. The van der Waals surface area contributed by atoms with Gasteiger partial charge in [-0.3, -0.25) is 29.9 Å². The number of hydrogen-bond acceptors (Lipinski definition) is 12. The van der Waals surface area contributed by atoms with Crippen molar-refractivity contribution in [2.75, 3.05) is 38.5 Å². The maximum Gasteiger partial charge on any atom is 0.410 e. The van der Waals surface area contributed by atoms with Gasteiger partial charge in [0.05, 0.1) is 35.4 Å². The number of rotatable bonds is 12. The Balaban J connectivity index is 1.42. The van der Waals surface area contributed by atoms with Gasteiger partial charge in [0.25, 0.3) is 11.6 Å². The number of amides is 3. The molecular formula is C26H38N6O9S. The third kappa shape index (κ3) is 9.82. The van der Waals surface area contributed by atoms with E-state index in [-0.39, 0.29) is 43.4 Å². The lowest BCUT2D eigenvalue weighted by molar-refractivity contribution is -0.384. The van der Waals surface area contributed by atoms with Crippen molar-refractivity contribution in [1.82, 2.24) is 26.0 Å². The summed E-state index contributed by atoms with van der Waals surface area (Å²) >= 11 is 1.29. The smallest absolute Gasteiger partial charge is 0.410 e. The molecule has 1 aromatic rings. The number of carbonyl (C=O) groups excluding carboxylic acids is 4. The highest BCUT2D eigenvalue weighted by Crippen LogP contribution is 2.25. The maximum atomic E-state index is 12.7. The Morgan fingerprint density at radius 3 is 2.62 bits per heavy atom. The molecule has 2 heterocycles. The normalized spacial score (nSPS) is 22.1. The molecule has 15 nitrogen and oxygen atoms in total. The number of piperazine rings is 1. The molecule has 0 bridgehead atoms. The van der Waals surface area contributed by atoms with Crippen LogP contribution in [0.1, 0.15) is 32.8 Å². The fourth-order valence-electron chi connectivity index (χ4n) is 4.68. The summed E-state index contributed by atoms with van der Waals surface area (Å²) in [6, 6.07) is 5.03. The number of benzene rings is 1. The largest absolute Gasteiger partial charge is 0.461 e. The van der Waals surface area contributed by atoms with Crippen molar-refractivity contribution in [3.8, 4) is 0 Å². The molecule has 4 N–H and O–H groups in total. The number of non-ortho nitro benzene ring substituents is 1. The van der Waals surface area contributed by atoms with Gasteiger partial charge >= 0.3 is 12.1 Å². The lowest BCUT2D eigenvalue weighted by atomic mass is 10.1. The summed E-state index contributed by atoms with van der Waals surface area (Å²) in [5.41, 5.74) is 3.29. The third-order valence-corrected chi connectivity index (χ3v) is 8.20. The number of likely N-dealkylation sites (tertiary alicyclic amines) is 1. The predicted octanol–water partition coefficient (Wildman–Crippen LogP) is 0.161. The monoisotopic (exact) mass is 610 g/mol. The van der Waals surface area contributed by atoms with Gasteiger partial charge in [0.2, 0.25) is 5.91 Å². The molecule has 232 valence electrons. The summed E-state index contributed by atoms with van der Waals surface area (Å²) in [6.07, 6.45) is -1.48. The van der Waals surface area contributed by atoms with Gasteiger partial charge in [0.1, 0.15) is 12.7 Å². The number of esters is 1. The molecular weight excluding hydrogens is 572 g/mol. The Morgan fingerprint density at radius 2 is 1.95 bits per heavy atom. The van der Waals surface area contributed by atoms with Gasteiger partial charge in [-0.15, -0.1) is 11.8 Å². The van der Waals surface area contributed by atoms with Crippen LogP contribution < -0.4 is 16.1 Å². The quantitative estimate of drug-likeness (QED) is 0.143. The summed E-state index contributed by atoms with van der Waals surface area (Å²) in [6.45, 7) is 6.19. The van der Waals surface area contributed by atoms with Crippen LogP contribution in [0.25, 0.3) is 0 Å². The number of ether oxygens (including phenoxy) is 2. The van der Waals surface area contributed by atoms with E-state index in [1.165, 1.54) is 47.9 Å². The number of nitro benzene ring substituents is 1. The van der Waals surface area contributed by atoms with Crippen LogP contribution in [-0.4, -0.2) is 112 Å². The average molecular weight is 611 g/mol. The van der Waals surface area contributed by atoms with Crippen molar-refractivity contribution in [3.63, 3.8) is 0 Å². The van der Waals surface area contributed by atoms with Crippen molar-refractivity contribution in [2.45, 2.75) is 63.3 Å². The van der Waals surface area contributed by atoms with Crippen molar-refractivity contribution in [2.24, 2.45) is 0 Å². The van der Waals surface area contributed by atoms with Gasteiger partial charge in [0, 0.05) is 50.5 Å². The van der Waals surface area contributed by atoms with Crippen LogP contribution >= 0.6 is 11.8 Å². The molecule has 1 aromatic carbocycles. The first kappa shape index (κ1) is 33.0. The number of carbonyl (C=O) groups is 4. The van der Waals surface area contributed by atoms with E-state index in [0.29, 0.717) is 37.4 Å². The Kier molecular flexibility index (Phi) is 12.3. The molecule has 0 spiro atoms. The minimum atomic E-state index is -0.729. The summed E-state index contributed by atoms with van der Waals surface area (Å²) in [5.74, 6) is -0.817. The lowest BCUT2D eigenvalue weighted by Gasteiger charge is -2.38. The van der Waals surface area contributed by atoms with Crippen LogP contribution in [0.2, 0.25) is 0 Å². The Labute approximate surface area is 247 Å². The number of nitrogens with zero attached hydrogens (tertiary/aromatic N) is 3. The van der Waals surface area contributed by atoms with E-state index >= 15 is 0 Å². The zero-order valence-electron chi connectivity index (χ0n) is 23.8. The first-order valence-electron chi connectivity index (χ1n) is 13.6. The standard InChI is InChI=1S/C26H38N6O9S/c1-16(41-18(3)33)23-11-27-8-9-31(23)29-24(35)12-28-25(36)17(2)42-15-21-10-22(34)13-30(21)26(37)40-14-19-4-6-20(7-5-19)32(38)39/h4-7,16-17,21-23,27,34H,8-15H2,1-3H3,(H,28,36)(H,29,35)/t16?,17?,21-,22-,23?/m0/s1. The number of thioether (sulfide) groups is 1. The molecule has 42 heavy (non-hydrogen) atoms. The minimum absolute atomic E-state index is 0.0670. The van der Waals surface area contributed by atoms with Crippen molar-refractivity contribution >= 4 is 41.3 Å². The third-order valence-electron chi connectivity index (χ3n) is 6.91. The lowest BCUT2D eigenvalue weighted by Crippen LogP contribution is -2.63. The number of aliphatic hydroxyl groups is 1. The first-order chi connectivity index (χ1) is 19.9. The second-order valence-corrected chi connectivity index (χ2v) is 11.6. The molecule has 2 fully saturated rings. The van der Waals surface area contributed by atoms with Crippen LogP contribution in [0.4, 0.5) is 10.5 Å². The zero-order valence-corrected chi connectivity index (χ0v) is 24.6. The van der Waals surface area contributed by atoms with Gasteiger partial charge < -0.3 is 30.1 Å². The van der Waals surface area contributed by atoms with Crippen molar-refractivity contribution in [3.05, 3.63) is 39.9 Å². The summed E-state index contributed by atoms with van der Waals surface area (Å²) in [5, 5.41) is 27.9. The van der Waals surface area contributed by atoms with Gasteiger partial charge in [-0.05, 0) is 38.0 Å². The van der Waals surface area contributed by atoms with E-state index in [0.717, 1.165) is 0 Å². The van der Waals surface area contributed by atoms with E-state index in [1.54, 1.807) is 18.9 Å². The van der Waals surface area contributed by atoms with Crippen molar-refractivity contribution < 1.29 is 38.7 Å². The van der Waals surface area contributed by atoms with Crippen LogP contribution in [-0.2, 0) is 30.5 Å². The van der Waals surface area contributed by atoms with Crippen LogP contribution in [0.15, 0.2) is 24.3 Å². The number of hydrogen-bond donors (Lipinski definition) is 4. The van der Waals surface area contributed by atoms with E-state index < -0.39 is 40.4 Å². The first-order valence-corrected chi connectivity index (χ1v) is 14.7. The maximum absolute atomic E-state index is 12.7. The van der Waals surface area contributed by atoms with E-state index in [4.69, 9.17) is 9.47 Å². The second-order valence-electron chi connectivity index (χ2n) is 10.2. The Bertz CT molecular complexity index is 1120. The van der Waals surface area contributed by atoms with Crippen LogP contribution in [0.5, 0.6) is 0 Å². The zero-order chi connectivity index (χ0) is 30.8. The van der Waals surface area contributed by atoms with E-state index in [2.05, 4.69) is 16.1 Å². The number of β-amino-alcohol motifs (C(OH)–C–C–N with tert-alkyl or cyclic N) is 1. The van der Waals surface area contributed by atoms with Gasteiger partial charge in [-0.1, -0.05) is 0 Å². The number of nitrogens with one attached hydrogen (secondary N) is 3. The topological polar surface area (TPSA) is 193 Å². The van der Waals surface area contributed by atoms with E-state index in [1.807, 2.05) is 0 Å². The number of hydrazine groups is 1. The summed E-state index contributed by atoms with van der Waals surface area (Å²) in [4.78, 5) is 60.9. The highest BCUT2D eigenvalue weighted by Gasteiger charge is 2.36. The van der Waals surface area contributed by atoms with E-state index in [9.17, 15) is 34.4 Å². The molecule has 0 saturated carbocycles. The van der Waals surface area contributed by atoms with Gasteiger partial charge in [0.15, 0.2) is 0 Å². The molecule has 2 saturated heterocycles. The Morgan fingerprint density at radius 1 is 1.24 bits per heavy atom. The molecule has 0 aliphatic carbocycles. The molecule has 16 heteroatoms. The van der Waals surface area contributed by atoms with Crippen molar-refractivity contribution in [1.29, 1.82) is 0 Å². The molecule has 3 amide bonds. The average Bonchev–Trinajstić information content (AvgIpc) is 3.33. The molecule has 3 rings (SSSR count). The molecule has 0 radical (unpaired) electrons. The molecule has 2 aliphatic rings. The fraction of sp³-hybridized carbons (Fsp3) is 0.615. The van der Waals surface area contributed by atoms with Gasteiger partial charge in [-0.2, -0.15) is 0 Å². The summed E-state index contributed by atoms with van der Waals surface area (Å²) in [7, 11) is 0. The summed E-state index contributed by atoms with van der Waals surface area (Å²) < 4.78 is 10.6. The fourth-order valence-corrected chi connectivity index (χ4v) is 5.74. The van der Waals surface area contributed by atoms with Crippen LogP contribution in [0.3, 0.4) is 0 Å². The van der Waals surface area contributed by atoms with Crippen LogP contribution in [0, 0.1) is 10.1 Å². The van der Waals surface area contributed by atoms with Gasteiger partial charge in [-0.25, -0.2) is 9.80 Å². The SMILES string of the molecule is CC(=O)OC(C)C1CNCCN1NC(=O)CNC(=O)C(C)SC[C@@H]1C[C@H](O)CN1C(=O)OCc1ccc([N+](=O)[O-])cc1. The minimum Gasteiger partial charge on any atom is -0.461 e. The molecule has 2 aliphatic heterocycles. The number of nitro groups is 1. The molecule has 0 aromatic heterocycles. The highest BCUT2D eigenvalue weighted by atomic mass is 32.2. The predicted molar refractivity (Wildman–Crippen MR) is 152 cm³/mol.